The molecule has 3 nitrogen and oxygen atoms in total. The van der Waals surface area contributed by atoms with E-state index in [4.69, 9.17) is 11.5 Å². The molecule has 0 fully saturated rings. The minimum absolute atomic E-state index is 0.620. The molecule has 0 rings (SSSR count). The van der Waals surface area contributed by atoms with E-state index in [-0.39, 0.29) is 0 Å². The maximum atomic E-state index is 5.28. The Hall–Kier alpha value is -0.830. The molecule has 0 aromatic rings. The average Bonchev–Trinajstić information content (AvgIpc) is 1.88. The van der Waals surface area contributed by atoms with Crippen LogP contribution in [0.15, 0.2) is 16.8 Å². The highest BCUT2D eigenvalue weighted by Crippen LogP contribution is 1.91. The zero-order valence-electron chi connectivity index (χ0n) is 5.67. The molecule has 0 bridgehead atoms. The molecule has 0 unspecified atom stereocenters. The van der Waals surface area contributed by atoms with Crippen molar-refractivity contribution >= 4 is 6.21 Å². The Labute approximate surface area is 55.4 Å². The third-order valence-electron chi connectivity index (χ3n) is 0.942. The first kappa shape index (κ1) is 8.17. The molecule has 0 amide bonds. The largest absolute Gasteiger partial charge is 0.404 e. The molecule has 0 spiro atoms. The van der Waals surface area contributed by atoms with Crippen molar-refractivity contribution in [3.63, 3.8) is 0 Å². The smallest absolute Gasteiger partial charge is 0.0277 e. The van der Waals surface area contributed by atoms with Crippen molar-refractivity contribution in [2.24, 2.45) is 16.5 Å². The molecule has 0 aromatic heterocycles. The van der Waals surface area contributed by atoms with Crippen molar-refractivity contribution in [3.05, 3.63) is 11.8 Å². The molecule has 0 saturated heterocycles. The van der Waals surface area contributed by atoms with E-state index in [1.807, 2.05) is 0 Å². The predicted octanol–water partition coefficient (Wildman–Crippen LogP) is -0.122. The first-order valence-corrected chi connectivity index (χ1v) is 2.88. The summed E-state index contributed by atoms with van der Waals surface area (Å²) >= 11 is 0. The molecule has 52 valence electrons. The minimum Gasteiger partial charge on any atom is -0.404 e. The lowest BCUT2D eigenvalue weighted by atomic mass is 10.2. The second-order valence-corrected chi connectivity index (χ2v) is 1.67. The first-order valence-electron chi connectivity index (χ1n) is 2.88. The Morgan fingerprint density at radius 2 is 2.33 bits per heavy atom. The van der Waals surface area contributed by atoms with Gasteiger partial charge in [0.15, 0.2) is 0 Å². The molecule has 0 aromatic carbocycles. The van der Waals surface area contributed by atoms with E-state index in [0.29, 0.717) is 6.54 Å². The lowest BCUT2D eigenvalue weighted by Crippen LogP contribution is -2.02. The van der Waals surface area contributed by atoms with E-state index < -0.39 is 0 Å². The van der Waals surface area contributed by atoms with Gasteiger partial charge in [-0.1, -0.05) is 0 Å². The van der Waals surface area contributed by atoms with Crippen LogP contribution in [0.3, 0.4) is 0 Å². The number of hydrogen-bond donors (Lipinski definition) is 2. The van der Waals surface area contributed by atoms with Crippen LogP contribution in [0.4, 0.5) is 0 Å². The van der Waals surface area contributed by atoms with Gasteiger partial charge in [-0.2, -0.15) is 0 Å². The Morgan fingerprint density at radius 1 is 1.67 bits per heavy atom. The van der Waals surface area contributed by atoms with E-state index in [1.165, 1.54) is 6.20 Å². The molecule has 9 heavy (non-hydrogen) atoms. The molecule has 0 aliphatic carbocycles. The quantitative estimate of drug-likeness (QED) is 0.519. The summed E-state index contributed by atoms with van der Waals surface area (Å²) < 4.78 is 0. The summed E-state index contributed by atoms with van der Waals surface area (Å²) in [6, 6.07) is 0. The minimum atomic E-state index is 0.620. The van der Waals surface area contributed by atoms with Gasteiger partial charge in [-0.05, 0) is 24.7 Å². The fraction of sp³-hybridized carbons (Fsp3) is 0.500. The van der Waals surface area contributed by atoms with Crippen LogP contribution < -0.4 is 11.5 Å². The topological polar surface area (TPSA) is 64.4 Å². The third kappa shape index (κ3) is 3.73. The van der Waals surface area contributed by atoms with Crippen LogP contribution in [0.5, 0.6) is 0 Å². The van der Waals surface area contributed by atoms with Gasteiger partial charge in [0.1, 0.15) is 0 Å². The van der Waals surface area contributed by atoms with E-state index in [0.717, 1.165) is 12.0 Å². The number of nitrogens with two attached hydrogens (primary N) is 2. The number of rotatable bonds is 3. The number of aliphatic imine (C=N–C) groups is 1. The van der Waals surface area contributed by atoms with Crippen molar-refractivity contribution in [2.45, 2.75) is 6.42 Å². The fourth-order valence-electron chi connectivity index (χ4n) is 0.523. The van der Waals surface area contributed by atoms with Gasteiger partial charge in [0, 0.05) is 13.3 Å². The first-order chi connectivity index (χ1) is 4.35. The van der Waals surface area contributed by atoms with Gasteiger partial charge in [-0.15, -0.1) is 0 Å². The highest BCUT2D eigenvalue weighted by Gasteiger charge is 1.86. The summed E-state index contributed by atoms with van der Waals surface area (Å²) in [5, 5.41) is 0. The van der Waals surface area contributed by atoms with Gasteiger partial charge in [0.2, 0.25) is 0 Å². The monoisotopic (exact) mass is 127 g/mol. The van der Waals surface area contributed by atoms with Crippen molar-refractivity contribution in [2.75, 3.05) is 13.6 Å². The maximum absolute atomic E-state index is 5.28. The predicted molar refractivity (Wildman–Crippen MR) is 40.4 cm³/mol. The van der Waals surface area contributed by atoms with Crippen molar-refractivity contribution < 1.29 is 0 Å². The molecule has 0 radical (unpaired) electrons. The SMILES string of the molecule is CN=CC(=CN)CCN. The molecule has 4 N–H and O–H groups in total. The normalized spacial score (nSPS) is 12.9. The second-order valence-electron chi connectivity index (χ2n) is 1.67. The van der Waals surface area contributed by atoms with E-state index in [9.17, 15) is 0 Å². The molecular weight excluding hydrogens is 114 g/mol. The summed E-state index contributed by atoms with van der Waals surface area (Å²) in [7, 11) is 1.71. The highest BCUT2D eigenvalue weighted by atomic mass is 14.6. The Bertz CT molecular complexity index is 115. The summed E-state index contributed by atoms with van der Waals surface area (Å²) in [4.78, 5) is 3.80. The van der Waals surface area contributed by atoms with Crippen molar-refractivity contribution in [3.8, 4) is 0 Å². The zero-order valence-corrected chi connectivity index (χ0v) is 5.67. The molecular formula is C6H13N3. The van der Waals surface area contributed by atoms with E-state index in [1.54, 1.807) is 13.3 Å². The van der Waals surface area contributed by atoms with Crippen LogP contribution in [-0.4, -0.2) is 19.8 Å². The molecule has 0 atom stereocenters. The van der Waals surface area contributed by atoms with Crippen molar-refractivity contribution in [1.29, 1.82) is 0 Å². The van der Waals surface area contributed by atoms with Crippen LogP contribution in [0.25, 0.3) is 0 Å². The third-order valence-corrected chi connectivity index (χ3v) is 0.942. The number of hydrogen-bond acceptors (Lipinski definition) is 3. The lowest BCUT2D eigenvalue weighted by Gasteiger charge is -1.93. The number of nitrogens with zero attached hydrogens (tertiary/aromatic N) is 1. The molecule has 3 heteroatoms. The summed E-state index contributed by atoms with van der Waals surface area (Å²) in [5.41, 5.74) is 11.5. The molecule has 0 aliphatic heterocycles. The van der Waals surface area contributed by atoms with E-state index >= 15 is 0 Å². The van der Waals surface area contributed by atoms with Crippen molar-refractivity contribution in [1.82, 2.24) is 0 Å². The van der Waals surface area contributed by atoms with Gasteiger partial charge < -0.3 is 11.5 Å². The second kappa shape index (κ2) is 5.31. The van der Waals surface area contributed by atoms with Crippen LogP contribution in [-0.2, 0) is 0 Å². The Balaban J connectivity index is 3.70. The van der Waals surface area contributed by atoms with Gasteiger partial charge in [0.25, 0.3) is 0 Å². The van der Waals surface area contributed by atoms with Gasteiger partial charge >= 0.3 is 0 Å². The van der Waals surface area contributed by atoms with Gasteiger partial charge in [0.05, 0.1) is 0 Å². The zero-order chi connectivity index (χ0) is 7.11. The fourth-order valence-corrected chi connectivity index (χ4v) is 0.523. The highest BCUT2D eigenvalue weighted by molar-refractivity contribution is 5.78. The van der Waals surface area contributed by atoms with E-state index in [2.05, 4.69) is 4.99 Å². The van der Waals surface area contributed by atoms with Gasteiger partial charge in [-0.3, -0.25) is 4.99 Å². The van der Waals surface area contributed by atoms with Crippen LogP contribution >= 0.6 is 0 Å². The Kier molecular flexibility index (Phi) is 4.82. The lowest BCUT2D eigenvalue weighted by molar-refractivity contribution is 0.983. The summed E-state index contributed by atoms with van der Waals surface area (Å²) in [6.45, 7) is 0.620. The molecule has 0 heterocycles. The molecule has 0 saturated carbocycles. The van der Waals surface area contributed by atoms with Crippen LogP contribution in [0.1, 0.15) is 6.42 Å². The standard InChI is InChI=1S/C6H13N3/c1-9-5-6(4-8)2-3-7/h4-5H,2-3,7-8H2,1H3. The maximum Gasteiger partial charge on any atom is 0.0277 e. The van der Waals surface area contributed by atoms with Gasteiger partial charge in [-0.25, -0.2) is 0 Å². The van der Waals surface area contributed by atoms with Crippen LogP contribution in [0, 0.1) is 0 Å². The molecule has 0 aliphatic rings. The summed E-state index contributed by atoms with van der Waals surface area (Å²) in [6.07, 6.45) is 4.04. The average molecular weight is 127 g/mol. The Morgan fingerprint density at radius 3 is 2.67 bits per heavy atom. The summed E-state index contributed by atoms with van der Waals surface area (Å²) in [5.74, 6) is 0. The van der Waals surface area contributed by atoms with Crippen LogP contribution in [0.2, 0.25) is 0 Å².